The number of aromatic nitrogens is 2. The van der Waals surface area contributed by atoms with Crippen molar-refractivity contribution in [2.24, 2.45) is 5.92 Å². The molecule has 0 bridgehead atoms. The van der Waals surface area contributed by atoms with Gasteiger partial charge in [-0.05, 0) is 47.9 Å². The number of nitriles is 1. The van der Waals surface area contributed by atoms with Crippen molar-refractivity contribution in [3.63, 3.8) is 0 Å². The summed E-state index contributed by atoms with van der Waals surface area (Å²) in [5.74, 6) is -0.416. The van der Waals surface area contributed by atoms with E-state index in [2.05, 4.69) is 22.6 Å². The molecular formula is C24H24N4O. The van der Waals surface area contributed by atoms with E-state index >= 15 is 0 Å². The van der Waals surface area contributed by atoms with Gasteiger partial charge in [-0.25, -0.2) is 4.98 Å². The van der Waals surface area contributed by atoms with Gasteiger partial charge in [-0.15, -0.1) is 0 Å². The van der Waals surface area contributed by atoms with Crippen LogP contribution < -0.4 is 4.90 Å². The molecule has 1 unspecified atom stereocenters. The smallest absolute Gasteiger partial charge is 0.137 e. The lowest BCUT2D eigenvalue weighted by Crippen LogP contribution is -2.21. The van der Waals surface area contributed by atoms with Gasteiger partial charge in [0.25, 0.3) is 0 Å². The number of pyridine rings is 1. The minimum atomic E-state index is -0.416. The predicted molar refractivity (Wildman–Crippen MR) is 118 cm³/mol. The average molecular weight is 384 g/mol. The molecule has 1 atom stereocenters. The molecule has 0 fully saturated rings. The fourth-order valence-electron chi connectivity index (χ4n) is 3.39. The Bertz CT molecular complexity index is 1090. The topological polar surface area (TPSA) is 75.9 Å². The van der Waals surface area contributed by atoms with Crippen molar-refractivity contribution >= 4 is 16.7 Å². The molecule has 0 amide bonds. The third kappa shape index (κ3) is 4.22. The van der Waals surface area contributed by atoms with E-state index in [-0.39, 0.29) is 0 Å². The van der Waals surface area contributed by atoms with Crippen LogP contribution in [0.5, 0.6) is 0 Å². The maximum atomic E-state index is 9.96. The summed E-state index contributed by atoms with van der Waals surface area (Å²) in [6.07, 6.45) is 11.5. The van der Waals surface area contributed by atoms with Crippen molar-refractivity contribution in [3.8, 4) is 17.2 Å². The Hall–Kier alpha value is -3.78. The number of rotatable bonds is 8. The van der Waals surface area contributed by atoms with E-state index < -0.39 is 5.92 Å². The van der Waals surface area contributed by atoms with E-state index in [1.807, 2.05) is 60.6 Å². The molecule has 0 radical (unpaired) electrons. The van der Waals surface area contributed by atoms with Crippen LogP contribution in [0.15, 0.2) is 85.7 Å². The Kier molecular flexibility index (Phi) is 6.49. The van der Waals surface area contributed by atoms with Crippen molar-refractivity contribution in [2.45, 2.75) is 19.8 Å². The molecule has 2 aromatic heterocycles. The van der Waals surface area contributed by atoms with Gasteiger partial charge in [-0.3, -0.25) is 0 Å². The molecule has 0 saturated carbocycles. The second kappa shape index (κ2) is 9.43. The highest BCUT2D eigenvalue weighted by Crippen LogP contribution is 2.33. The number of nitrogens with one attached hydrogen (secondary N) is 1. The number of hydrogen-bond acceptors (Lipinski definition) is 4. The number of aliphatic hydroxyl groups excluding tert-OH is 1. The molecular weight excluding hydrogens is 360 g/mol. The summed E-state index contributed by atoms with van der Waals surface area (Å²) in [6.45, 7) is 5.76. The molecule has 2 N–H and O–H groups in total. The monoisotopic (exact) mass is 384 g/mol. The van der Waals surface area contributed by atoms with Crippen LogP contribution in [-0.4, -0.2) is 15.1 Å². The lowest BCUT2D eigenvalue weighted by atomic mass is 9.99. The van der Waals surface area contributed by atoms with Crippen LogP contribution in [0.1, 0.15) is 19.8 Å². The van der Waals surface area contributed by atoms with Gasteiger partial charge in [0.15, 0.2) is 0 Å². The average Bonchev–Trinajstić information content (AvgIpc) is 3.24. The Balaban J connectivity index is 2.09. The zero-order chi connectivity index (χ0) is 20.6. The fourth-order valence-corrected chi connectivity index (χ4v) is 3.39. The van der Waals surface area contributed by atoms with E-state index in [0.717, 1.165) is 40.5 Å². The molecule has 0 spiro atoms. The largest absolute Gasteiger partial charge is 0.514 e. The van der Waals surface area contributed by atoms with Gasteiger partial charge in [0.2, 0.25) is 0 Å². The zero-order valence-corrected chi connectivity index (χ0v) is 16.4. The highest BCUT2D eigenvalue weighted by molar-refractivity contribution is 5.93. The first kappa shape index (κ1) is 20.0. The molecule has 5 heteroatoms. The summed E-state index contributed by atoms with van der Waals surface area (Å²) >= 11 is 0. The van der Waals surface area contributed by atoms with Crippen LogP contribution in [0.2, 0.25) is 0 Å². The summed E-state index contributed by atoms with van der Waals surface area (Å²) in [5, 5.41) is 20.6. The van der Waals surface area contributed by atoms with Crippen molar-refractivity contribution in [3.05, 3.63) is 85.7 Å². The van der Waals surface area contributed by atoms with Gasteiger partial charge in [-0.1, -0.05) is 38.1 Å². The predicted octanol–water partition coefficient (Wildman–Crippen LogP) is 6.08. The summed E-state index contributed by atoms with van der Waals surface area (Å²) in [7, 11) is 0. The molecule has 0 saturated heterocycles. The molecule has 0 aliphatic carbocycles. The SMILES string of the molecule is C=C/C=C\N(/C(=C\O)C(C#N)CCC)c1cccc(-c2ccnc3[nH]ccc23)c1. The molecule has 5 nitrogen and oxygen atoms in total. The van der Waals surface area contributed by atoms with Crippen LogP contribution in [0.4, 0.5) is 5.69 Å². The van der Waals surface area contributed by atoms with E-state index in [1.165, 1.54) is 0 Å². The summed E-state index contributed by atoms with van der Waals surface area (Å²) in [4.78, 5) is 9.33. The number of hydrogen-bond donors (Lipinski definition) is 2. The van der Waals surface area contributed by atoms with Crippen molar-refractivity contribution < 1.29 is 5.11 Å². The quantitative estimate of drug-likeness (QED) is 0.365. The van der Waals surface area contributed by atoms with E-state index in [0.29, 0.717) is 12.1 Å². The number of fused-ring (bicyclic) bond motifs is 1. The third-order valence-electron chi connectivity index (χ3n) is 4.77. The number of benzene rings is 1. The summed E-state index contributed by atoms with van der Waals surface area (Å²) in [5.41, 5.74) is 4.29. The number of nitrogens with zero attached hydrogens (tertiary/aromatic N) is 3. The second-order valence-corrected chi connectivity index (χ2v) is 6.62. The maximum absolute atomic E-state index is 9.96. The number of aliphatic hydroxyl groups is 1. The Morgan fingerprint density at radius 3 is 2.97 bits per heavy atom. The Labute approximate surface area is 170 Å². The van der Waals surface area contributed by atoms with Gasteiger partial charge >= 0.3 is 0 Å². The molecule has 146 valence electrons. The summed E-state index contributed by atoms with van der Waals surface area (Å²) in [6, 6.07) is 14.3. The first-order chi connectivity index (χ1) is 14.2. The van der Waals surface area contributed by atoms with Crippen LogP contribution in [0.3, 0.4) is 0 Å². The van der Waals surface area contributed by atoms with E-state index in [9.17, 15) is 10.4 Å². The van der Waals surface area contributed by atoms with Gasteiger partial charge in [-0.2, -0.15) is 5.26 Å². The number of H-pyrrole nitrogens is 1. The number of allylic oxidation sites excluding steroid dienone is 3. The van der Waals surface area contributed by atoms with Crippen LogP contribution in [0, 0.1) is 17.2 Å². The number of aromatic amines is 1. The lowest BCUT2D eigenvalue weighted by molar-refractivity contribution is 0.455. The molecule has 1 aromatic carbocycles. The minimum absolute atomic E-state index is 0.416. The van der Waals surface area contributed by atoms with Crippen molar-refractivity contribution in [1.82, 2.24) is 9.97 Å². The molecule has 3 rings (SSSR count). The third-order valence-corrected chi connectivity index (χ3v) is 4.77. The minimum Gasteiger partial charge on any atom is -0.514 e. The van der Waals surface area contributed by atoms with Gasteiger partial charge in [0, 0.05) is 29.7 Å². The molecule has 0 aliphatic heterocycles. The molecule has 3 aromatic rings. The second-order valence-electron chi connectivity index (χ2n) is 6.62. The van der Waals surface area contributed by atoms with E-state index in [4.69, 9.17) is 0 Å². The molecule has 29 heavy (non-hydrogen) atoms. The Morgan fingerprint density at radius 1 is 1.38 bits per heavy atom. The highest BCUT2D eigenvalue weighted by Gasteiger charge is 2.20. The van der Waals surface area contributed by atoms with Crippen LogP contribution in [0.25, 0.3) is 22.2 Å². The standard InChI is InChI=1S/C24H24N4O/c1-3-5-14-28(23(17-29)19(16-25)7-4-2)20-9-6-8-18(15-20)21-10-12-26-24-22(21)11-13-27-24/h3,5-6,8-15,17,19,29H,1,4,7H2,2H3,(H,26,27)/b14-5-,23-17-. The summed E-state index contributed by atoms with van der Waals surface area (Å²) < 4.78 is 0. The lowest BCUT2D eigenvalue weighted by Gasteiger charge is -2.26. The fraction of sp³-hybridized carbons (Fsp3) is 0.167. The van der Waals surface area contributed by atoms with E-state index in [1.54, 1.807) is 18.3 Å². The van der Waals surface area contributed by atoms with Crippen LogP contribution in [-0.2, 0) is 0 Å². The molecule has 2 heterocycles. The maximum Gasteiger partial charge on any atom is 0.137 e. The highest BCUT2D eigenvalue weighted by atomic mass is 16.2. The number of anilines is 1. The van der Waals surface area contributed by atoms with Crippen LogP contribution >= 0.6 is 0 Å². The zero-order valence-electron chi connectivity index (χ0n) is 16.4. The van der Waals surface area contributed by atoms with Gasteiger partial charge in [0.1, 0.15) is 11.9 Å². The first-order valence-corrected chi connectivity index (χ1v) is 9.58. The van der Waals surface area contributed by atoms with Crippen molar-refractivity contribution in [2.75, 3.05) is 4.90 Å². The van der Waals surface area contributed by atoms with Gasteiger partial charge < -0.3 is 15.0 Å². The first-order valence-electron chi connectivity index (χ1n) is 9.58. The Morgan fingerprint density at radius 2 is 2.24 bits per heavy atom. The normalized spacial score (nSPS) is 12.8. The van der Waals surface area contributed by atoms with Crippen molar-refractivity contribution in [1.29, 1.82) is 5.26 Å². The van der Waals surface area contributed by atoms with Gasteiger partial charge in [0.05, 0.1) is 17.7 Å². The molecule has 0 aliphatic rings.